The maximum atomic E-state index is 12.2. The summed E-state index contributed by atoms with van der Waals surface area (Å²) < 4.78 is 0. The van der Waals surface area contributed by atoms with Crippen LogP contribution < -0.4 is 5.32 Å². The van der Waals surface area contributed by atoms with Gasteiger partial charge in [0, 0.05) is 0 Å². The fraction of sp³-hybridized carbons (Fsp3) is 0.500. The number of hydrogen-bond donors (Lipinski definition) is 3. The number of carbonyl (C=O) groups is 2. The molecule has 2 unspecified atom stereocenters. The van der Waals surface area contributed by atoms with Crippen LogP contribution >= 0.6 is 0 Å². The summed E-state index contributed by atoms with van der Waals surface area (Å²) in [5, 5.41) is 21.5. The smallest absolute Gasteiger partial charge is 0.329 e. The minimum absolute atomic E-state index is 0.0764. The molecule has 1 aliphatic carbocycles. The van der Waals surface area contributed by atoms with Crippen LogP contribution in [-0.4, -0.2) is 27.6 Å². The molecule has 114 valence electrons. The van der Waals surface area contributed by atoms with E-state index in [4.69, 9.17) is 0 Å². The maximum Gasteiger partial charge on any atom is 0.329 e. The van der Waals surface area contributed by atoms with Gasteiger partial charge < -0.3 is 15.5 Å². The van der Waals surface area contributed by atoms with Gasteiger partial charge in [-0.15, -0.1) is 0 Å². The molecule has 1 fully saturated rings. The first kappa shape index (κ1) is 15.4. The van der Waals surface area contributed by atoms with Gasteiger partial charge in [0.15, 0.2) is 0 Å². The van der Waals surface area contributed by atoms with E-state index < -0.39 is 11.5 Å². The van der Waals surface area contributed by atoms with Gasteiger partial charge in [-0.3, -0.25) is 4.79 Å². The lowest BCUT2D eigenvalue weighted by Crippen LogP contribution is -2.60. The average molecular weight is 291 g/mol. The van der Waals surface area contributed by atoms with Crippen molar-refractivity contribution in [1.82, 2.24) is 5.32 Å². The Morgan fingerprint density at radius 3 is 2.52 bits per heavy atom. The van der Waals surface area contributed by atoms with Crippen molar-refractivity contribution >= 4 is 11.9 Å². The van der Waals surface area contributed by atoms with Gasteiger partial charge in [-0.2, -0.15) is 0 Å². The molecule has 1 aliphatic rings. The molecule has 0 radical (unpaired) electrons. The van der Waals surface area contributed by atoms with Gasteiger partial charge in [0.1, 0.15) is 11.3 Å². The van der Waals surface area contributed by atoms with Crippen LogP contribution in [0.1, 0.15) is 38.2 Å². The van der Waals surface area contributed by atoms with E-state index in [0.717, 1.165) is 24.8 Å². The Balaban J connectivity index is 2.08. The Morgan fingerprint density at radius 1 is 1.29 bits per heavy atom. The summed E-state index contributed by atoms with van der Waals surface area (Å²) in [5.41, 5.74) is -0.402. The van der Waals surface area contributed by atoms with E-state index in [0.29, 0.717) is 6.42 Å². The molecular weight excluding hydrogens is 270 g/mol. The summed E-state index contributed by atoms with van der Waals surface area (Å²) in [4.78, 5) is 23.9. The summed E-state index contributed by atoms with van der Waals surface area (Å²) in [6, 6.07) is 6.34. The van der Waals surface area contributed by atoms with E-state index >= 15 is 0 Å². The maximum absolute atomic E-state index is 12.2. The molecule has 0 saturated heterocycles. The number of phenols is 1. The number of aliphatic carboxylic acids is 1. The first-order chi connectivity index (χ1) is 9.94. The van der Waals surface area contributed by atoms with Crippen molar-refractivity contribution in [2.45, 2.75) is 44.6 Å². The lowest BCUT2D eigenvalue weighted by atomic mass is 9.73. The van der Waals surface area contributed by atoms with Gasteiger partial charge in [-0.05, 0) is 36.5 Å². The number of nitrogens with one attached hydrogen (secondary N) is 1. The lowest BCUT2D eigenvalue weighted by Gasteiger charge is -2.39. The predicted molar refractivity (Wildman–Crippen MR) is 78.0 cm³/mol. The molecule has 1 aromatic rings. The van der Waals surface area contributed by atoms with E-state index in [-0.39, 0.29) is 24.0 Å². The Hall–Kier alpha value is -2.04. The summed E-state index contributed by atoms with van der Waals surface area (Å²) in [6.07, 6.45) is 3.22. The second kappa shape index (κ2) is 6.16. The van der Waals surface area contributed by atoms with Gasteiger partial charge >= 0.3 is 5.97 Å². The highest BCUT2D eigenvalue weighted by molar-refractivity contribution is 5.88. The van der Waals surface area contributed by atoms with Crippen LogP contribution in [0.5, 0.6) is 5.75 Å². The first-order valence-corrected chi connectivity index (χ1v) is 7.26. The fourth-order valence-electron chi connectivity index (χ4n) is 3.00. The Bertz CT molecular complexity index is 526. The van der Waals surface area contributed by atoms with Crippen LogP contribution in [0.15, 0.2) is 24.3 Å². The highest BCUT2D eigenvalue weighted by atomic mass is 16.4. The van der Waals surface area contributed by atoms with Crippen molar-refractivity contribution < 1.29 is 19.8 Å². The summed E-state index contributed by atoms with van der Waals surface area (Å²) in [5.74, 6) is -1.18. The van der Waals surface area contributed by atoms with E-state index in [9.17, 15) is 19.8 Å². The zero-order chi connectivity index (χ0) is 15.5. The lowest BCUT2D eigenvalue weighted by molar-refractivity contribution is -0.151. The van der Waals surface area contributed by atoms with Crippen molar-refractivity contribution in [2.24, 2.45) is 5.92 Å². The standard InChI is InChI=1S/C16H21NO4/c1-11-4-2-3-9-16(11,15(20)21)17-14(19)10-12-5-7-13(18)8-6-12/h5-8,11,18H,2-4,9-10H2,1H3,(H,17,19)(H,20,21). The summed E-state index contributed by atoms with van der Waals surface area (Å²) >= 11 is 0. The number of benzene rings is 1. The SMILES string of the molecule is CC1CCCCC1(NC(=O)Cc1ccc(O)cc1)C(=O)O. The number of carboxylic acids is 1. The average Bonchev–Trinajstić information content (AvgIpc) is 2.44. The number of aromatic hydroxyl groups is 1. The molecule has 5 heteroatoms. The van der Waals surface area contributed by atoms with E-state index in [2.05, 4.69) is 5.32 Å². The molecule has 0 heterocycles. The number of rotatable bonds is 4. The van der Waals surface area contributed by atoms with Crippen molar-refractivity contribution in [3.8, 4) is 5.75 Å². The van der Waals surface area contributed by atoms with E-state index in [1.807, 2.05) is 6.92 Å². The molecule has 2 atom stereocenters. The molecule has 1 amide bonds. The quantitative estimate of drug-likeness (QED) is 0.792. The number of carboxylic acid groups (broad SMARTS) is 1. The largest absolute Gasteiger partial charge is 0.508 e. The molecular formula is C16H21NO4. The molecule has 3 N–H and O–H groups in total. The molecule has 1 saturated carbocycles. The molecule has 2 rings (SSSR count). The van der Waals surface area contributed by atoms with Crippen LogP contribution in [-0.2, 0) is 16.0 Å². The van der Waals surface area contributed by atoms with Crippen LogP contribution in [0, 0.1) is 5.92 Å². The fourth-order valence-corrected chi connectivity index (χ4v) is 3.00. The van der Waals surface area contributed by atoms with E-state index in [1.54, 1.807) is 12.1 Å². The number of hydrogen-bond acceptors (Lipinski definition) is 3. The monoisotopic (exact) mass is 291 g/mol. The molecule has 21 heavy (non-hydrogen) atoms. The molecule has 0 aliphatic heterocycles. The van der Waals surface area contributed by atoms with Gasteiger partial charge in [0.2, 0.25) is 5.91 Å². The Morgan fingerprint density at radius 2 is 1.95 bits per heavy atom. The molecule has 0 bridgehead atoms. The van der Waals surface area contributed by atoms with E-state index in [1.165, 1.54) is 12.1 Å². The van der Waals surface area contributed by atoms with Gasteiger partial charge in [0.05, 0.1) is 6.42 Å². The number of amides is 1. The second-order valence-corrected chi connectivity index (χ2v) is 5.81. The Labute approximate surface area is 124 Å². The molecule has 5 nitrogen and oxygen atoms in total. The minimum atomic E-state index is -1.15. The van der Waals surface area contributed by atoms with Crippen LogP contribution in [0.2, 0.25) is 0 Å². The van der Waals surface area contributed by atoms with Gasteiger partial charge in [0.25, 0.3) is 0 Å². The van der Waals surface area contributed by atoms with Crippen LogP contribution in [0.25, 0.3) is 0 Å². The summed E-state index contributed by atoms with van der Waals surface area (Å²) in [7, 11) is 0. The number of carbonyl (C=O) groups excluding carboxylic acids is 1. The molecule has 0 spiro atoms. The number of phenolic OH excluding ortho intramolecular Hbond substituents is 1. The summed E-state index contributed by atoms with van der Waals surface area (Å²) in [6.45, 7) is 1.88. The highest BCUT2D eigenvalue weighted by Crippen LogP contribution is 2.34. The van der Waals surface area contributed by atoms with Crippen LogP contribution in [0.4, 0.5) is 0 Å². The van der Waals surface area contributed by atoms with Gasteiger partial charge in [-0.25, -0.2) is 4.79 Å². The molecule has 0 aromatic heterocycles. The third-order valence-corrected chi connectivity index (χ3v) is 4.34. The second-order valence-electron chi connectivity index (χ2n) is 5.81. The first-order valence-electron chi connectivity index (χ1n) is 7.26. The predicted octanol–water partition coefficient (Wildman–Crippen LogP) is 2.08. The van der Waals surface area contributed by atoms with Crippen molar-refractivity contribution in [3.05, 3.63) is 29.8 Å². The topological polar surface area (TPSA) is 86.6 Å². The van der Waals surface area contributed by atoms with Crippen molar-refractivity contribution in [2.75, 3.05) is 0 Å². The Kier molecular flexibility index (Phi) is 4.50. The third kappa shape index (κ3) is 3.35. The minimum Gasteiger partial charge on any atom is -0.508 e. The van der Waals surface area contributed by atoms with Crippen molar-refractivity contribution in [1.29, 1.82) is 0 Å². The normalized spacial score (nSPS) is 25.3. The molecule has 1 aromatic carbocycles. The van der Waals surface area contributed by atoms with Crippen molar-refractivity contribution in [3.63, 3.8) is 0 Å². The van der Waals surface area contributed by atoms with Crippen LogP contribution in [0.3, 0.4) is 0 Å². The third-order valence-electron chi connectivity index (χ3n) is 4.34. The zero-order valence-electron chi connectivity index (χ0n) is 12.1. The van der Waals surface area contributed by atoms with Gasteiger partial charge in [-0.1, -0.05) is 31.9 Å². The highest BCUT2D eigenvalue weighted by Gasteiger charge is 2.46. The zero-order valence-corrected chi connectivity index (χ0v) is 12.1.